The number of rotatable bonds is 6. The number of anilines is 1. The maximum absolute atomic E-state index is 13.5. The first-order chi connectivity index (χ1) is 16.4. The summed E-state index contributed by atoms with van der Waals surface area (Å²) >= 11 is 3.16. The molecule has 0 radical (unpaired) electrons. The van der Waals surface area contributed by atoms with Crippen LogP contribution in [0.2, 0.25) is 0 Å². The molecule has 11 heteroatoms. The minimum absolute atomic E-state index is 0.00384. The zero-order chi connectivity index (χ0) is 23.9. The molecule has 1 amide bonds. The number of nitrogens with two attached hydrogens (primary N) is 1. The molecule has 3 N–H and O–H groups in total. The van der Waals surface area contributed by atoms with Gasteiger partial charge in [-0.1, -0.05) is 30.3 Å². The Bertz CT molecular complexity index is 1640. The van der Waals surface area contributed by atoms with Gasteiger partial charge in [0.15, 0.2) is 16.1 Å². The summed E-state index contributed by atoms with van der Waals surface area (Å²) in [6, 6.07) is 18.4. The van der Waals surface area contributed by atoms with Crippen molar-refractivity contribution in [2.45, 2.75) is 16.3 Å². The number of aromatic nitrogens is 3. The van der Waals surface area contributed by atoms with Crippen LogP contribution in [-0.4, -0.2) is 35.4 Å². The highest BCUT2D eigenvalue weighted by molar-refractivity contribution is 9.10. The van der Waals surface area contributed by atoms with E-state index in [0.29, 0.717) is 21.4 Å². The number of amides is 1. The molecule has 0 aliphatic carbocycles. The second-order valence-corrected chi connectivity index (χ2v) is 10.1. The maximum Gasteiger partial charge on any atom is 0.287 e. The van der Waals surface area contributed by atoms with Crippen molar-refractivity contribution >= 4 is 59.7 Å². The third-order valence-electron chi connectivity index (χ3n) is 5.29. The van der Waals surface area contributed by atoms with E-state index < -0.39 is 15.7 Å². The van der Waals surface area contributed by atoms with E-state index in [2.05, 4.69) is 31.2 Å². The lowest BCUT2D eigenvalue weighted by molar-refractivity contribution is 0.0923. The summed E-state index contributed by atoms with van der Waals surface area (Å²) in [6.45, 7) is 0.331. The lowest BCUT2D eigenvalue weighted by atomic mass is 10.3. The molecule has 5 aromatic rings. The van der Waals surface area contributed by atoms with Crippen molar-refractivity contribution in [1.29, 1.82) is 0 Å². The van der Waals surface area contributed by atoms with Crippen molar-refractivity contribution in [3.63, 3.8) is 0 Å². The minimum atomic E-state index is -3.98. The number of nitrogen functional groups attached to an aromatic ring is 1. The number of nitrogens with one attached hydrogen (secondary N) is 1. The number of fused-ring (bicyclic) bond motifs is 2. The van der Waals surface area contributed by atoms with Crippen LogP contribution >= 0.6 is 15.9 Å². The predicted octanol–water partition coefficient (Wildman–Crippen LogP) is 3.79. The predicted molar refractivity (Wildman–Crippen MR) is 130 cm³/mol. The summed E-state index contributed by atoms with van der Waals surface area (Å²) in [4.78, 5) is 21.6. The summed E-state index contributed by atoms with van der Waals surface area (Å²) in [6.07, 6.45) is 0. The Morgan fingerprint density at radius 3 is 2.35 bits per heavy atom. The normalized spacial score (nSPS) is 11.8. The Balaban J connectivity index is 1.59. The lowest BCUT2D eigenvalue weighted by Crippen LogP contribution is -2.27. The summed E-state index contributed by atoms with van der Waals surface area (Å²) in [7, 11) is -3.98. The van der Waals surface area contributed by atoms with Crippen LogP contribution in [0, 0.1) is 0 Å². The molecule has 2 aromatic carbocycles. The molecule has 0 aliphatic rings. The van der Waals surface area contributed by atoms with E-state index in [0.717, 1.165) is 0 Å². The second-order valence-electron chi connectivity index (χ2n) is 7.43. The number of nitrogens with zero attached hydrogens (tertiary/aromatic N) is 3. The number of carbonyl (C=O) groups excluding carboxylic acids is 1. The average Bonchev–Trinajstić information content (AvgIpc) is 3.39. The molecule has 5 rings (SSSR count). The summed E-state index contributed by atoms with van der Waals surface area (Å²) in [5, 5.41) is 2.74. The van der Waals surface area contributed by atoms with Crippen LogP contribution in [0.5, 0.6) is 0 Å². The van der Waals surface area contributed by atoms with Crippen molar-refractivity contribution in [1.82, 2.24) is 19.9 Å². The van der Waals surface area contributed by atoms with Crippen LogP contribution in [0.3, 0.4) is 0 Å². The Hall–Kier alpha value is -3.70. The highest BCUT2D eigenvalue weighted by atomic mass is 79.9. The number of furan rings is 1. The highest BCUT2D eigenvalue weighted by Gasteiger charge is 2.30. The van der Waals surface area contributed by atoms with E-state index in [4.69, 9.17) is 10.2 Å². The molecular weight excluding hydrogens is 522 g/mol. The first kappa shape index (κ1) is 22.1. The van der Waals surface area contributed by atoms with Gasteiger partial charge < -0.3 is 20.0 Å². The quantitative estimate of drug-likeness (QED) is 0.335. The zero-order valence-electron chi connectivity index (χ0n) is 17.6. The Labute approximate surface area is 202 Å². The fourth-order valence-corrected chi connectivity index (χ4v) is 5.54. The largest absolute Gasteiger partial charge is 0.444 e. The van der Waals surface area contributed by atoms with Gasteiger partial charge in [-0.15, -0.1) is 0 Å². The van der Waals surface area contributed by atoms with Crippen molar-refractivity contribution in [2.75, 3.05) is 12.3 Å². The van der Waals surface area contributed by atoms with Crippen molar-refractivity contribution in [3.8, 4) is 0 Å². The van der Waals surface area contributed by atoms with Crippen LogP contribution in [0.25, 0.3) is 22.2 Å². The molecule has 3 heterocycles. The number of para-hydroxylation sites is 2. The molecule has 0 aliphatic heterocycles. The number of sulfone groups is 1. The van der Waals surface area contributed by atoms with Gasteiger partial charge in [0, 0.05) is 13.1 Å². The first-order valence-corrected chi connectivity index (χ1v) is 12.5. The Morgan fingerprint density at radius 1 is 1.00 bits per heavy atom. The van der Waals surface area contributed by atoms with Gasteiger partial charge in [0.2, 0.25) is 9.84 Å². The molecule has 0 saturated carbocycles. The average molecular weight is 540 g/mol. The van der Waals surface area contributed by atoms with E-state index in [1.165, 1.54) is 12.1 Å². The number of hydrogen-bond acceptors (Lipinski definition) is 7. The van der Waals surface area contributed by atoms with E-state index >= 15 is 0 Å². The van der Waals surface area contributed by atoms with Crippen LogP contribution < -0.4 is 11.1 Å². The van der Waals surface area contributed by atoms with E-state index in [1.807, 2.05) is 6.07 Å². The smallest absolute Gasteiger partial charge is 0.287 e. The topological polar surface area (TPSA) is 133 Å². The summed E-state index contributed by atoms with van der Waals surface area (Å²) in [5.74, 6) is -0.256. The maximum atomic E-state index is 13.5. The molecule has 172 valence electrons. The van der Waals surface area contributed by atoms with Crippen LogP contribution in [0.1, 0.15) is 10.6 Å². The SMILES string of the molecule is Nc1c(S(=O)(=O)c2ccccc2)c2nc3ccccc3nc2n1CCNC(=O)c1ccc(Br)o1. The van der Waals surface area contributed by atoms with Gasteiger partial charge in [-0.3, -0.25) is 4.79 Å². The van der Waals surface area contributed by atoms with E-state index in [9.17, 15) is 13.2 Å². The molecule has 3 aromatic heterocycles. The first-order valence-electron chi connectivity index (χ1n) is 10.2. The van der Waals surface area contributed by atoms with Crippen molar-refractivity contribution in [3.05, 3.63) is 77.2 Å². The third-order valence-corrected chi connectivity index (χ3v) is 7.55. The fraction of sp³-hybridized carbons (Fsp3) is 0.0870. The lowest BCUT2D eigenvalue weighted by Gasteiger charge is -2.09. The minimum Gasteiger partial charge on any atom is -0.444 e. The van der Waals surface area contributed by atoms with E-state index in [-0.39, 0.29) is 40.0 Å². The Kier molecular flexibility index (Phi) is 5.58. The van der Waals surface area contributed by atoms with Gasteiger partial charge in [0.25, 0.3) is 5.91 Å². The van der Waals surface area contributed by atoms with Gasteiger partial charge in [-0.25, -0.2) is 18.4 Å². The van der Waals surface area contributed by atoms with Crippen LogP contribution in [-0.2, 0) is 16.4 Å². The molecule has 0 spiro atoms. The molecule has 0 unspecified atom stereocenters. The van der Waals surface area contributed by atoms with Crippen LogP contribution in [0.15, 0.2) is 85.6 Å². The molecule has 0 atom stereocenters. The van der Waals surface area contributed by atoms with Gasteiger partial charge in [-0.05, 0) is 52.3 Å². The molecule has 0 saturated heterocycles. The number of halogens is 1. The third kappa shape index (κ3) is 3.82. The van der Waals surface area contributed by atoms with Gasteiger partial charge in [-0.2, -0.15) is 0 Å². The number of hydrogen-bond donors (Lipinski definition) is 2. The number of benzene rings is 2. The van der Waals surface area contributed by atoms with E-state index in [1.54, 1.807) is 53.1 Å². The highest BCUT2D eigenvalue weighted by Crippen LogP contribution is 2.35. The van der Waals surface area contributed by atoms with Gasteiger partial charge in [0.1, 0.15) is 16.2 Å². The van der Waals surface area contributed by atoms with Gasteiger partial charge in [0.05, 0.1) is 15.9 Å². The fourth-order valence-electron chi connectivity index (χ4n) is 3.70. The molecule has 0 bridgehead atoms. The molecule has 9 nitrogen and oxygen atoms in total. The molecule has 34 heavy (non-hydrogen) atoms. The summed E-state index contributed by atoms with van der Waals surface area (Å²) in [5.41, 5.74) is 8.05. The molecule has 0 fully saturated rings. The molecular formula is C23H18BrN5O4S. The van der Waals surface area contributed by atoms with Crippen molar-refractivity contribution < 1.29 is 17.6 Å². The number of carbonyl (C=O) groups is 1. The standard InChI is InChI=1S/C23H18BrN5O4S/c24-18-11-10-17(33-18)23(30)26-12-13-29-21(25)20(34(31,32)14-6-2-1-3-7-14)19-22(29)28-16-9-5-4-8-15(16)27-19/h1-11H,12-13,25H2,(H,26,30). The van der Waals surface area contributed by atoms with Crippen molar-refractivity contribution in [2.24, 2.45) is 0 Å². The van der Waals surface area contributed by atoms with Crippen LogP contribution in [0.4, 0.5) is 5.82 Å². The Morgan fingerprint density at radius 2 is 1.68 bits per heavy atom. The monoisotopic (exact) mass is 539 g/mol. The zero-order valence-corrected chi connectivity index (χ0v) is 20.0. The second kappa shape index (κ2) is 8.58. The van der Waals surface area contributed by atoms with Gasteiger partial charge >= 0.3 is 0 Å². The summed E-state index contributed by atoms with van der Waals surface area (Å²) < 4.78 is 34.3.